The summed E-state index contributed by atoms with van der Waals surface area (Å²) in [5, 5.41) is 42.3. The Morgan fingerprint density at radius 3 is 2.42 bits per heavy atom. The number of nitrogens with zero attached hydrogens (tertiary/aromatic N) is 4. The fourth-order valence-electron chi connectivity index (χ4n) is 4.20. The van der Waals surface area contributed by atoms with Crippen molar-refractivity contribution in [2.45, 2.75) is 56.1 Å². The molecule has 1 saturated heterocycles. The first-order valence-electron chi connectivity index (χ1n) is 11.2. The lowest BCUT2D eigenvalue weighted by Gasteiger charge is -2.43. The van der Waals surface area contributed by atoms with Gasteiger partial charge in [-0.05, 0) is 12.1 Å². The lowest BCUT2D eigenvalue weighted by molar-refractivity contribution is -0.212. The summed E-state index contributed by atoms with van der Waals surface area (Å²) in [5.74, 6) is -3.92. The summed E-state index contributed by atoms with van der Waals surface area (Å²) in [4.78, 5) is 0. The van der Waals surface area contributed by atoms with E-state index in [1.807, 2.05) is 0 Å². The van der Waals surface area contributed by atoms with Crippen molar-refractivity contribution < 1.29 is 42.5 Å². The maximum absolute atomic E-state index is 13.7. The molecule has 0 aliphatic carbocycles. The average Bonchev–Trinajstić information content (AvgIpc) is 3.53. The predicted molar refractivity (Wildman–Crippen MR) is 117 cm³/mol. The highest BCUT2D eigenvalue weighted by Crippen LogP contribution is 2.34. The van der Waals surface area contributed by atoms with Gasteiger partial charge < -0.3 is 29.3 Å². The zero-order chi connectivity index (χ0) is 26.2. The molecule has 196 valence electrons. The first kappa shape index (κ1) is 26.2. The maximum atomic E-state index is 13.7. The largest absolute Gasteiger partial charge is 0.395 e. The van der Waals surface area contributed by atoms with Crippen molar-refractivity contribution in [3.05, 3.63) is 53.3 Å². The molecule has 1 aliphatic heterocycles. The van der Waals surface area contributed by atoms with Crippen molar-refractivity contribution in [1.82, 2.24) is 20.2 Å². The molecule has 4 rings (SSSR count). The van der Waals surface area contributed by atoms with E-state index < -0.39 is 59.9 Å². The van der Waals surface area contributed by atoms with Crippen LogP contribution >= 0.6 is 0 Å². The van der Waals surface area contributed by atoms with Gasteiger partial charge in [0.05, 0.1) is 31.2 Å². The minimum atomic E-state index is -1.60. The van der Waals surface area contributed by atoms with E-state index in [0.29, 0.717) is 11.5 Å². The van der Waals surface area contributed by atoms with Crippen molar-refractivity contribution in [3.63, 3.8) is 0 Å². The molecule has 1 aliphatic rings. The molecule has 3 heterocycles. The Kier molecular flexibility index (Phi) is 7.48. The van der Waals surface area contributed by atoms with E-state index >= 15 is 0 Å². The van der Waals surface area contributed by atoms with Gasteiger partial charge in [0, 0.05) is 30.6 Å². The van der Waals surface area contributed by atoms with Crippen LogP contribution in [0.5, 0.6) is 0 Å². The van der Waals surface area contributed by atoms with Gasteiger partial charge in [0.25, 0.3) is 0 Å². The van der Waals surface area contributed by atoms with Crippen LogP contribution < -0.4 is 0 Å². The lowest BCUT2D eigenvalue weighted by atomic mass is 9.88. The average molecular weight is 512 g/mol. The number of methoxy groups -OCH3 is 1. The number of aliphatic hydroxyl groups excluding tert-OH is 3. The molecular formula is C23H27F3N4O6. The van der Waals surface area contributed by atoms with Crippen LogP contribution in [-0.2, 0) is 21.3 Å². The molecule has 1 aromatic carbocycles. The molecule has 2 aromatic heterocycles. The SMILES string of the molecule is CO[C@@H]1[C@@H](n2cc(-c3cc(F)c(F)c(F)c3)nn2)[C@@H](O)[C@@H](CO)O[C@@H]1Cc1cc(C(C)(C)CO)no1. The number of rotatable bonds is 8. The van der Waals surface area contributed by atoms with Crippen LogP contribution in [0.3, 0.4) is 0 Å². The number of aromatic nitrogens is 4. The Morgan fingerprint density at radius 2 is 1.81 bits per heavy atom. The number of aliphatic hydroxyl groups is 3. The summed E-state index contributed by atoms with van der Waals surface area (Å²) in [6, 6.07) is 2.34. The number of hydrogen-bond donors (Lipinski definition) is 3. The quantitative estimate of drug-likeness (QED) is 0.384. The zero-order valence-corrected chi connectivity index (χ0v) is 19.8. The number of hydrogen-bond acceptors (Lipinski definition) is 9. The fraction of sp³-hybridized carbons (Fsp3) is 0.522. The van der Waals surface area contributed by atoms with E-state index in [2.05, 4.69) is 15.5 Å². The van der Waals surface area contributed by atoms with E-state index in [0.717, 1.165) is 12.1 Å². The summed E-state index contributed by atoms with van der Waals surface area (Å²) in [6.45, 7) is 2.95. The molecular weight excluding hydrogens is 485 g/mol. The van der Waals surface area contributed by atoms with Gasteiger partial charge in [0.1, 0.15) is 35.8 Å². The van der Waals surface area contributed by atoms with E-state index in [-0.39, 0.29) is 24.3 Å². The van der Waals surface area contributed by atoms with Crippen molar-refractivity contribution in [2.75, 3.05) is 20.3 Å². The highest BCUT2D eigenvalue weighted by molar-refractivity contribution is 5.57. The van der Waals surface area contributed by atoms with Crippen LogP contribution in [0.2, 0.25) is 0 Å². The third-order valence-corrected chi connectivity index (χ3v) is 6.38. The second-order valence-electron chi connectivity index (χ2n) is 9.34. The smallest absolute Gasteiger partial charge is 0.194 e. The van der Waals surface area contributed by atoms with Gasteiger partial charge in [-0.2, -0.15) is 0 Å². The highest BCUT2D eigenvalue weighted by Gasteiger charge is 2.47. The molecule has 0 amide bonds. The third kappa shape index (κ3) is 4.89. The monoisotopic (exact) mass is 512 g/mol. The first-order chi connectivity index (χ1) is 17.1. The molecule has 3 aromatic rings. The van der Waals surface area contributed by atoms with E-state index in [9.17, 15) is 28.5 Å². The summed E-state index contributed by atoms with van der Waals surface area (Å²) in [6.07, 6.45) is -2.37. The lowest BCUT2D eigenvalue weighted by Crippen LogP contribution is -2.57. The molecule has 0 radical (unpaired) electrons. The second-order valence-corrected chi connectivity index (χ2v) is 9.34. The van der Waals surface area contributed by atoms with Gasteiger partial charge in [-0.1, -0.05) is 24.2 Å². The molecule has 0 unspecified atom stereocenters. The minimum Gasteiger partial charge on any atom is -0.395 e. The Balaban J connectivity index is 1.64. The topological polar surface area (TPSA) is 136 Å². The molecule has 5 atom stereocenters. The molecule has 36 heavy (non-hydrogen) atoms. The van der Waals surface area contributed by atoms with Crippen LogP contribution in [-0.4, -0.2) is 80.2 Å². The Hall–Kier alpha value is -2.84. The normalized spacial score (nSPS) is 24.9. The molecule has 10 nitrogen and oxygen atoms in total. The van der Waals surface area contributed by atoms with Crippen LogP contribution in [0.1, 0.15) is 31.3 Å². The molecule has 1 fully saturated rings. The maximum Gasteiger partial charge on any atom is 0.194 e. The van der Waals surface area contributed by atoms with Gasteiger partial charge in [-0.3, -0.25) is 0 Å². The van der Waals surface area contributed by atoms with Crippen molar-refractivity contribution >= 4 is 0 Å². The van der Waals surface area contributed by atoms with Crippen LogP contribution in [0.25, 0.3) is 11.3 Å². The Labute approximate surface area is 204 Å². The van der Waals surface area contributed by atoms with Gasteiger partial charge >= 0.3 is 0 Å². The minimum absolute atomic E-state index is 0.0320. The van der Waals surface area contributed by atoms with E-state index in [4.69, 9.17) is 14.0 Å². The molecule has 13 heteroatoms. The van der Waals surface area contributed by atoms with E-state index in [1.54, 1.807) is 19.9 Å². The molecule has 3 N–H and O–H groups in total. The Morgan fingerprint density at radius 1 is 1.11 bits per heavy atom. The summed E-state index contributed by atoms with van der Waals surface area (Å²) in [5.41, 5.74) is -0.105. The van der Waals surface area contributed by atoms with Crippen LogP contribution in [0.15, 0.2) is 28.9 Å². The van der Waals surface area contributed by atoms with Crippen molar-refractivity contribution in [3.8, 4) is 11.3 Å². The number of benzene rings is 1. The zero-order valence-electron chi connectivity index (χ0n) is 19.8. The summed E-state index contributed by atoms with van der Waals surface area (Å²) >= 11 is 0. The molecule has 0 spiro atoms. The van der Waals surface area contributed by atoms with Crippen LogP contribution in [0, 0.1) is 17.5 Å². The van der Waals surface area contributed by atoms with Gasteiger partial charge in [0.2, 0.25) is 0 Å². The predicted octanol–water partition coefficient (Wildman–Crippen LogP) is 1.54. The number of ether oxygens (including phenoxy) is 2. The van der Waals surface area contributed by atoms with Crippen molar-refractivity contribution in [2.24, 2.45) is 0 Å². The standard InChI is InChI=1S/C23H27F3N4O6/c1-23(2,10-32)18-7-12(36-28-18)6-16-22(34-3)20(21(33)17(9-31)35-16)30-8-15(27-29-30)11-4-13(24)19(26)14(25)5-11/h4-5,7-8,16-17,20-22,31-33H,6,9-10H2,1-3H3/t16-,17-,20+,21+,22+/m1/s1. The first-order valence-corrected chi connectivity index (χ1v) is 11.2. The van der Waals surface area contributed by atoms with E-state index in [1.165, 1.54) is 18.0 Å². The van der Waals surface area contributed by atoms with Crippen molar-refractivity contribution in [1.29, 1.82) is 0 Å². The van der Waals surface area contributed by atoms with Gasteiger partial charge in [-0.15, -0.1) is 5.10 Å². The summed E-state index contributed by atoms with van der Waals surface area (Å²) < 4.78 is 59.0. The summed E-state index contributed by atoms with van der Waals surface area (Å²) in [7, 11) is 1.41. The van der Waals surface area contributed by atoms with Gasteiger partial charge in [0.15, 0.2) is 17.5 Å². The van der Waals surface area contributed by atoms with Gasteiger partial charge in [-0.25, -0.2) is 17.9 Å². The Bertz CT molecular complexity index is 1180. The number of halogens is 3. The third-order valence-electron chi connectivity index (χ3n) is 6.38. The fourth-order valence-corrected chi connectivity index (χ4v) is 4.20. The van der Waals surface area contributed by atoms with Crippen LogP contribution in [0.4, 0.5) is 13.2 Å². The second kappa shape index (κ2) is 10.3. The highest BCUT2D eigenvalue weighted by atomic mass is 19.2. The molecule has 0 bridgehead atoms. The molecule has 0 saturated carbocycles.